The molecule has 0 saturated carbocycles. The van der Waals surface area contributed by atoms with Gasteiger partial charge in [0.15, 0.2) is 8.32 Å². The standard InChI is InChI=1S/C14H26O4Si/c1-14(2,3)19(5,6)18-12(9-7-8-10-15)11-13(16)17-4/h7-8,10,12H,9,11H2,1-6H3/b8-7+. The Balaban J connectivity index is 4.78. The van der Waals surface area contributed by atoms with Crippen molar-refractivity contribution in [1.82, 2.24) is 0 Å². The molecule has 0 spiro atoms. The van der Waals surface area contributed by atoms with Crippen LogP contribution >= 0.6 is 0 Å². The van der Waals surface area contributed by atoms with Gasteiger partial charge in [-0.3, -0.25) is 9.59 Å². The molecule has 0 aliphatic rings. The van der Waals surface area contributed by atoms with E-state index in [1.165, 1.54) is 13.2 Å². The molecule has 0 aliphatic carbocycles. The van der Waals surface area contributed by atoms with Crippen LogP contribution in [0.3, 0.4) is 0 Å². The van der Waals surface area contributed by atoms with Crippen LogP contribution in [0, 0.1) is 0 Å². The zero-order valence-corrected chi connectivity index (χ0v) is 13.9. The number of esters is 1. The summed E-state index contributed by atoms with van der Waals surface area (Å²) in [6.45, 7) is 10.7. The lowest BCUT2D eigenvalue weighted by Gasteiger charge is -2.39. The van der Waals surface area contributed by atoms with E-state index in [0.717, 1.165) is 6.29 Å². The molecule has 0 aromatic heterocycles. The minimum absolute atomic E-state index is 0.0791. The SMILES string of the molecule is COC(=O)CC(C/C=C/C=O)O[Si](C)(C)C(C)(C)C. The van der Waals surface area contributed by atoms with Crippen LogP contribution in [0.25, 0.3) is 0 Å². The lowest BCUT2D eigenvalue weighted by molar-refractivity contribution is -0.142. The monoisotopic (exact) mass is 286 g/mol. The molecule has 0 rings (SSSR count). The molecule has 110 valence electrons. The highest BCUT2D eigenvalue weighted by atomic mass is 28.4. The smallest absolute Gasteiger partial charge is 0.308 e. The summed E-state index contributed by atoms with van der Waals surface area (Å²) in [5.74, 6) is -0.289. The fourth-order valence-electron chi connectivity index (χ4n) is 1.32. The van der Waals surface area contributed by atoms with Crippen molar-refractivity contribution in [2.24, 2.45) is 0 Å². The van der Waals surface area contributed by atoms with E-state index in [2.05, 4.69) is 38.6 Å². The third-order valence-electron chi connectivity index (χ3n) is 3.50. The molecule has 19 heavy (non-hydrogen) atoms. The fourth-order valence-corrected chi connectivity index (χ4v) is 2.69. The van der Waals surface area contributed by atoms with Gasteiger partial charge in [0.2, 0.25) is 0 Å². The Morgan fingerprint density at radius 2 is 1.89 bits per heavy atom. The molecule has 0 saturated heterocycles. The molecule has 1 atom stereocenters. The number of ether oxygens (including phenoxy) is 1. The Hall–Kier alpha value is -0.943. The van der Waals surface area contributed by atoms with Crippen LogP contribution in [0.2, 0.25) is 18.1 Å². The molecule has 0 aliphatic heterocycles. The van der Waals surface area contributed by atoms with Crippen LogP contribution in [-0.2, 0) is 18.8 Å². The quantitative estimate of drug-likeness (QED) is 0.312. The number of hydrogen-bond acceptors (Lipinski definition) is 4. The maximum absolute atomic E-state index is 11.4. The highest BCUT2D eigenvalue weighted by molar-refractivity contribution is 6.74. The van der Waals surface area contributed by atoms with Crippen molar-refractivity contribution >= 4 is 20.6 Å². The summed E-state index contributed by atoms with van der Waals surface area (Å²) in [6, 6.07) is 0. The van der Waals surface area contributed by atoms with Gasteiger partial charge in [-0.2, -0.15) is 0 Å². The van der Waals surface area contributed by atoms with Crippen LogP contribution < -0.4 is 0 Å². The summed E-state index contributed by atoms with van der Waals surface area (Å²) >= 11 is 0. The maximum atomic E-state index is 11.4. The van der Waals surface area contributed by atoms with Gasteiger partial charge >= 0.3 is 5.97 Å². The molecule has 4 nitrogen and oxygen atoms in total. The van der Waals surface area contributed by atoms with Crippen molar-refractivity contribution in [2.75, 3.05) is 7.11 Å². The van der Waals surface area contributed by atoms with Gasteiger partial charge in [0.05, 0.1) is 19.6 Å². The third-order valence-corrected chi connectivity index (χ3v) is 8.04. The van der Waals surface area contributed by atoms with E-state index in [1.807, 2.05) is 0 Å². The van der Waals surface area contributed by atoms with Gasteiger partial charge in [0.1, 0.15) is 6.29 Å². The Bertz CT molecular complexity index is 329. The second-order valence-corrected chi connectivity index (χ2v) is 10.8. The van der Waals surface area contributed by atoms with Crippen molar-refractivity contribution in [3.63, 3.8) is 0 Å². The molecule has 1 unspecified atom stereocenters. The Labute approximate surface area is 117 Å². The summed E-state index contributed by atoms with van der Waals surface area (Å²) in [6.07, 6.45) is 4.41. The molecule has 0 radical (unpaired) electrons. The highest BCUT2D eigenvalue weighted by Crippen LogP contribution is 2.38. The van der Waals surface area contributed by atoms with E-state index in [9.17, 15) is 9.59 Å². The first-order valence-corrected chi connectivity index (χ1v) is 9.40. The summed E-state index contributed by atoms with van der Waals surface area (Å²) in [5, 5.41) is 0.0791. The van der Waals surface area contributed by atoms with E-state index in [1.54, 1.807) is 6.08 Å². The van der Waals surface area contributed by atoms with E-state index >= 15 is 0 Å². The summed E-state index contributed by atoms with van der Waals surface area (Å²) in [4.78, 5) is 21.7. The molecule has 0 amide bonds. The van der Waals surface area contributed by atoms with Gasteiger partial charge in [-0.05, 0) is 30.6 Å². The highest BCUT2D eigenvalue weighted by Gasteiger charge is 2.39. The molecule has 0 N–H and O–H groups in total. The van der Waals surface area contributed by atoms with E-state index in [-0.39, 0.29) is 23.5 Å². The largest absolute Gasteiger partial charge is 0.469 e. The van der Waals surface area contributed by atoms with Gasteiger partial charge in [-0.1, -0.05) is 26.8 Å². The molecular formula is C14H26O4Si. The van der Waals surface area contributed by atoms with E-state index < -0.39 is 8.32 Å². The molecule has 0 fully saturated rings. The lowest BCUT2D eigenvalue weighted by atomic mass is 10.2. The van der Waals surface area contributed by atoms with E-state index in [4.69, 9.17) is 4.43 Å². The average molecular weight is 286 g/mol. The molecule has 0 aromatic carbocycles. The Morgan fingerprint density at radius 1 is 1.32 bits per heavy atom. The van der Waals surface area contributed by atoms with Gasteiger partial charge < -0.3 is 9.16 Å². The zero-order valence-electron chi connectivity index (χ0n) is 12.9. The summed E-state index contributed by atoms with van der Waals surface area (Å²) in [5.41, 5.74) is 0. The van der Waals surface area contributed by atoms with Gasteiger partial charge in [-0.15, -0.1) is 0 Å². The number of allylic oxidation sites excluding steroid dienone is 1. The van der Waals surface area contributed by atoms with Crippen molar-refractivity contribution in [3.05, 3.63) is 12.2 Å². The lowest BCUT2D eigenvalue weighted by Crippen LogP contribution is -2.44. The molecule has 5 heteroatoms. The van der Waals surface area contributed by atoms with Crippen LogP contribution in [-0.4, -0.2) is 33.8 Å². The summed E-state index contributed by atoms with van der Waals surface area (Å²) < 4.78 is 10.9. The number of methoxy groups -OCH3 is 1. The second-order valence-electron chi connectivity index (χ2n) is 6.08. The minimum Gasteiger partial charge on any atom is -0.469 e. The summed E-state index contributed by atoms with van der Waals surface area (Å²) in [7, 11) is -0.570. The van der Waals surface area contributed by atoms with Crippen molar-refractivity contribution in [1.29, 1.82) is 0 Å². The predicted octanol–water partition coefficient (Wildman–Crippen LogP) is 3.09. The van der Waals surface area contributed by atoms with Crippen molar-refractivity contribution < 1.29 is 18.8 Å². The van der Waals surface area contributed by atoms with Crippen molar-refractivity contribution in [2.45, 2.75) is 57.8 Å². The minimum atomic E-state index is -1.94. The first-order chi connectivity index (χ1) is 8.64. The van der Waals surface area contributed by atoms with Gasteiger partial charge in [-0.25, -0.2) is 0 Å². The Kier molecular flexibility index (Phi) is 7.22. The average Bonchev–Trinajstić information content (AvgIpc) is 2.27. The molecule has 0 heterocycles. The molecular weight excluding hydrogens is 260 g/mol. The topological polar surface area (TPSA) is 52.6 Å². The van der Waals surface area contributed by atoms with Crippen molar-refractivity contribution in [3.8, 4) is 0 Å². The van der Waals surface area contributed by atoms with Crippen LogP contribution in [0.5, 0.6) is 0 Å². The number of aldehydes is 1. The molecule has 0 bridgehead atoms. The number of hydrogen-bond donors (Lipinski definition) is 0. The number of rotatable bonds is 7. The van der Waals surface area contributed by atoms with Gasteiger partial charge in [0.25, 0.3) is 0 Å². The first-order valence-electron chi connectivity index (χ1n) is 6.49. The zero-order chi connectivity index (χ0) is 15.1. The van der Waals surface area contributed by atoms with Gasteiger partial charge in [0, 0.05) is 0 Å². The van der Waals surface area contributed by atoms with Crippen LogP contribution in [0.15, 0.2) is 12.2 Å². The van der Waals surface area contributed by atoms with Crippen LogP contribution in [0.1, 0.15) is 33.6 Å². The number of carbonyl (C=O) groups is 2. The molecule has 0 aromatic rings. The third kappa shape index (κ3) is 6.68. The normalized spacial score (nSPS) is 14.4. The maximum Gasteiger partial charge on any atom is 0.308 e. The number of carbonyl (C=O) groups excluding carboxylic acids is 2. The predicted molar refractivity (Wildman–Crippen MR) is 78.5 cm³/mol. The Morgan fingerprint density at radius 3 is 2.32 bits per heavy atom. The van der Waals surface area contributed by atoms with E-state index in [0.29, 0.717) is 6.42 Å². The fraction of sp³-hybridized carbons (Fsp3) is 0.714. The van der Waals surface area contributed by atoms with Crippen LogP contribution in [0.4, 0.5) is 0 Å². The first kappa shape index (κ1) is 18.1. The second kappa shape index (κ2) is 7.60.